The zero-order valence-electron chi connectivity index (χ0n) is 9.72. The van der Waals surface area contributed by atoms with Crippen LogP contribution in [-0.2, 0) is 10.0 Å². The maximum absolute atomic E-state index is 11.9. The molecular weight excluding hydrogens is 280 g/mol. The van der Waals surface area contributed by atoms with E-state index >= 15 is 0 Å². The predicted octanol–water partition coefficient (Wildman–Crippen LogP) is -0.0562. The van der Waals surface area contributed by atoms with Gasteiger partial charge in [0, 0.05) is 12.2 Å². The van der Waals surface area contributed by atoms with E-state index in [1.807, 2.05) is 0 Å². The molecule has 1 unspecified atom stereocenters. The minimum atomic E-state index is -3.86. The first-order chi connectivity index (χ1) is 8.18. The van der Waals surface area contributed by atoms with Gasteiger partial charge in [0.25, 0.3) is 0 Å². The van der Waals surface area contributed by atoms with Crippen LogP contribution in [0.3, 0.4) is 0 Å². The van der Waals surface area contributed by atoms with E-state index in [-0.39, 0.29) is 16.5 Å². The van der Waals surface area contributed by atoms with Crippen LogP contribution in [0.5, 0.6) is 0 Å². The third-order valence-corrected chi connectivity index (χ3v) is 4.11. The molecule has 6 nitrogen and oxygen atoms in total. The van der Waals surface area contributed by atoms with Crippen molar-refractivity contribution >= 4 is 27.3 Å². The van der Waals surface area contributed by atoms with Crippen molar-refractivity contribution in [2.24, 2.45) is 0 Å². The van der Waals surface area contributed by atoms with E-state index in [9.17, 15) is 13.5 Å². The summed E-state index contributed by atoms with van der Waals surface area (Å²) in [7, 11) is -3.86. The van der Waals surface area contributed by atoms with Crippen molar-refractivity contribution < 1.29 is 18.6 Å². The number of aliphatic hydroxyl groups is 2. The summed E-state index contributed by atoms with van der Waals surface area (Å²) >= 11 is 5.79. The van der Waals surface area contributed by atoms with Gasteiger partial charge < -0.3 is 15.9 Å². The van der Waals surface area contributed by atoms with E-state index in [4.69, 9.17) is 22.4 Å². The Hall–Kier alpha value is -0.860. The summed E-state index contributed by atoms with van der Waals surface area (Å²) < 4.78 is 26.0. The molecule has 0 saturated heterocycles. The zero-order chi connectivity index (χ0) is 14.0. The first-order valence-corrected chi connectivity index (χ1v) is 6.92. The molecular formula is C10H15ClN2O4S. The van der Waals surface area contributed by atoms with Crippen LogP contribution in [-0.4, -0.2) is 37.4 Å². The molecule has 102 valence electrons. The van der Waals surface area contributed by atoms with Gasteiger partial charge in [-0.1, -0.05) is 11.6 Å². The molecule has 0 aliphatic heterocycles. The Balaban J connectivity index is 2.94. The molecule has 1 aromatic carbocycles. The summed E-state index contributed by atoms with van der Waals surface area (Å²) in [6.07, 6.45) is 0. The Morgan fingerprint density at radius 2 is 2.11 bits per heavy atom. The largest absolute Gasteiger partial charge is 0.399 e. The molecule has 0 aliphatic carbocycles. The van der Waals surface area contributed by atoms with Crippen molar-refractivity contribution in [3.05, 3.63) is 23.2 Å². The van der Waals surface area contributed by atoms with E-state index in [0.717, 1.165) is 0 Å². The monoisotopic (exact) mass is 294 g/mol. The molecule has 0 heterocycles. The van der Waals surface area contributed by atoms with Gasteiger partial charge in [-0.05, 0) is 25.1 Å². The lowest BCUT2D eigenvalue weighted by Crippen LogP contribution is -2.43. The maximum Gasteiger partial charge on any atom is 0.242 e. The van der Waals surface area contributed by atoms with Gasteiger partial charge in [-0.3, -0.25) is 0 Å². The van der Waals surface area contributed by atoms with Gasteiger partial charge in [-0.25, -0.2) is 13.1 Å². The van der Waals surface area contributed by atoms with Gasteiger partial charge in [0.1, 0.15) is 4.90 Å². The molecule has 1 atom stereocenters. The van der Waals surface area contributed by atoms with E-state index in [1.54, 1.807) is 0 Å². The molecule has 0 saturated carbocycles. The Kier molecular flexibility index (Phi) is 4.57. The van der Waals surface area contributed by atoms with Gasteiger partial charge in [0.2, 0.25) is 10.0 Å². The molecule has 0 aromatic heterocycles. The van der Waals surface area contributed by atoms with Crippen LogP contribution in [0.15, 0.2) is 23.1 Å². The van der Waals surface area contributed by atoms with E-state index < -0.39 is 22.2 Å². The Labute approximate surface area is 110 Å². The van der Waals surface area contributed by atoms with E-state index in [2.05, 4.69) is 4.72 Å². The van der Waals surface area contributed by atoms with Gasteiger partial charge in [0.15, 0.2) is 0 Å². The number of rotatable bonds is 5. The van der Waals surface area contributed by atoms with Crippen LogP contribution in [0, 0.1) is 0 Å². The topological polar surface area (TPSA) is 113 Å². The lowest BCUT2D eigenvalue weighted by molar-refractivity contribution is 0.00681. The van der Waals surface area contributed by atoms with Crippen LogP contribution in [0.2, 0.25) is 5.02 Å². The van der Waals surface area contributed by atoms with Crippen LogP contribution < -0.4 is 10.5 Å². The van der Waals surface area contributed by atoms with Crippen molar-refractivity contribution in [1.29, 1.82) is 0 Å². The number of sulfonamides is 1. The number of nitrogen functional groups attached to an aromatic ring is 1. The lowest BCUT2D eigenvalue weighted by atomic mass is 10.1. The molecule has 0 fully saturated rings. The second kappa shape index (κ2) is 5.41. The fraction of sp³-hybridized carbons (Fsp3) is 0.400. The molecule has 8 heteroatoms. The SMILES string of the molecule is CC(O)(CO)CNS(=O)(=O)c1ccc(N)cc1Cl. The highest BCUT2D eigenvalue weighted by molar-refractivity contribution is 7.89. The second-order valence-electron chi connectivity index (χ2n) is 4.17. The standard InChI is InChI=1S/C10H15ClN2O4S/c1-10(15,6-14)5-13-18(16,17)9-3-2-7(12)4-8(9)11/h2-4,13-15H,5-6,12H2,1H3. The Morgan fingerprint density at radius 3 is 2.61 bits per heavy atom. The summed E-state index contributed by atoms with van der Waals surface area (Å²) in [5.41, 5.74) is 4.28. The van der Waals surface area contributed by atoms with E-state index in [1.165, 1.54) is 25.1 Å². The number of halogens is 1. The third-order valence-electron chi connectivity index (χ3n) is 2.23. The van der Waals surface area contributed by atoms with Crippen molar-refractivity contribution in [2.45, 2.75) is 17.4 Å². The molecule has 18 heavy (non-hydrogen) atoms. The number of nitrogens with one attached hydrogen (secondary N) is 1. The lowest BCUT2D eigenvalue weighted by Gasteiger charge is -2.20. The predicted molar refractivity (Wildman–Crippen MR) is 68.8 cm³/mol. The molecule has 1 aromatic rings. The Bertz CT molecular complexity index is 531. The van der Waals surface area contributed by atoms with E-state index in [0.29, 0.717) is 5.69 Å². The molecule has 0 spiro atoms. The average Bonchev–Trinajstić information content (AvgIpc) is 2.26. The molecule has 0 radical (unpaired) electrons. The maximum atomic E-state index is 11.9. The number of hydrogen-bond donors (Lipinski definition) is 4. The van der Waals surface area contributed by atoms with Crippen molar-refractivity contribution in [2.75, 3.05) is 18.9 Å². The summed E-state index contributed by atoms with van der Waals surface area (Å²) in [5.74, 6) is 0. The van der Waals surface area contributed by atoms with Gasteiger partial charge in [-0.15, -0.1) is 0 Å². The smallest absolute Gasteiger partial charge is 0.242 e. The quantitative estimate of drug-likeness (QED) is 0.569. The highest BCUT2D eigenvalue weighted by atomic mass is 35.5. The first kappa shape index (κ1) is 15.2. The number of hydrogen-bond acceptors (Lipinski definition) is 5. The molecule has 1 rings (SSSR count). The van der Waals surface area contributed by atoms with Gasteiger partial charge in [-0.2, -0.15) is 0 Å². The number of aliphatic hydroxyl groups excluding tert-OH is 1. The second-order valence-corrected chi connectivity index (χ2v) is 6.31. The zero-order valence-corrected chi connectivity index (χ0v) is 11.3. The number of benzene rings is 1. The molecule has 0 bridgehead atoms. The molecule has 0 aliphatic rings. The first-order valence-electron chi connectivity index (χ1n) is 5.06. The fourth-order valence-corrected chi connectivity index (χ4v) is 2.83. The molecule has 0 amide bonds. The summed E-state index contributed by atoms with van der Waals surface area (Å²) in [5, 5.41) is 18.3. The Morgan fingerprint density at radius 1 is 1.50 bits per heavy atom. The number of anilines is 1. The van der Waals surface area contributed by atoms with Crippen LogP contribution in [0.25, 0.3) is 0 Å². The van der Waals surface area contributed by atoms with Crippen molar-refractivity contribution in [3.63, 3.8) is 0 Å². The summed E-state index contributed by atoms with van der Waals surface area (Å²) in [6.45, 7) is 0.414. The van der Waals surface area contributed by atoms with Crippen LogP contribution in [0.1, 0.15) is 6.92 Å². The summed E-state index contributed by atoms with van der Waals surface area (Å²) in [6, 6.07) is 4.00. The normalized spacial score (nSPS) is 15.3. The minimum Gasteiger partial charge on any atom is -0.399 e. The number of nitrogens with two attached hydrogens (primary N) is 1. The van der Waals surface area contributed by atoms with Crippen molar-refractivity contribution in [1.82, 2.24) is 4.72 Å². The summed E-state index contributed by atoms with van der Waals surface area (Å²) in [4.78, 5) is -0.132. The fourth-order valence-electron chi connectivity index (χ4n) is 1.12. The highest BCUT2D eigenvalue weighted by Crippen LogP contribution is 2.23. The highest BCUT2D eigenvalue weighted by Gasteiger charge is 2.24. The van der Waals surface area contributed by atoms with Crippen LogP contribution >= 0.6 is 11.6 Å². The molecule has 5 N–H and O–H groups in total. The van der Waals surface area contributed by atoms with Gasteiger partial charge >= 0.3 is 0 Å². The van der Waals surface area contributed by atoms with Crippen LogP contribution in [0.4, 0.5) is 5.69 Å². The van der Waals surface area contributed by atoms with Crippen molar-refractivity contribution in [3.8, 4) is 0 Å². The van der Waals surface area contributed by atoms with Gasteiger partial charge in [0.05, 0.1) is 17.2 Å². The average molecular weight is 295 g/mol. The third kappa shape index (κ3) is 3.82. The minimum absolute atomic E-state index is 0.00820.